The number of carbonyl (C=O) groups is 1. The van der Waals surface area contributed by atoms with Crippen LogP contribution in [0.4, 0.5) is 4.79 Å². The average Bonchev–Trinajstić information content (AvgIpc) is 2.84. The van der Waals surface area contributed by atoms with E-state index in [1.165, 1.54) is 22.3 Å². The Morgan fingerprint density at radius 3 is 2.19 bits per heavy atom. The Kier molecular flexibility index (Phi) is 5.04. The van der Waals surface area contributed by atoms with Gasteiger partial charge in [-0.15, -0.1) is 0 Å². The quantitative estimate of drug-likeness (QED) is 0.593. The zero-order valence-electron chi connectivity index (χ0n) is 17.3. The summed E-state index contributed by atoms with van der Waals surface area (Å²) in [6, 6.07) is 28.5. The molecule has 1 aliphatic carbocycles. The smallest absolute Gasteiger partial charge is 0.319 e. The second-order valence-electron chi connectivity index (χ2n) is 7.88. The van der Waals surface area contributed by atoms with Crippen molar-refractivity contribution in [3.05, 3.63) is 119 Å². The SMILES string of the molecule is COc1ccc(C2CC(c3ccccc3)=CC3=C2C(c2ccccc2)NC(=O)N3)cc1. The number of ether oxygens (including phenoxy) is 1. The molecule has 0 saturated carbocycles. The second-order valence-corrected chi connectivity index (χ2v) is 7.88. The number of benzene rings is 3. The van der Waals surface area contributed by atoms with Crippen molar-refractivity contribution >= 4 is 11.6 Å². The molecule has 0 bridgehead atoms. The minimum Gasteiger partial charge on any atom is -0.497 e. The predicted molar refractivity (Wildman–Crippen MR) is 123 cm³/mol. The second kappa shape index (κ2) is 8.15. The monoisotopic (exact) mass is 408 g/mol. The van der Waals surface area contributed by atoms with Gasteiger partial charge in [-0.3, -0.25) is 0 Å². The van der Waals surface area contributed by atoms with E-state index in [-0.39, 0.29) is 18.0 Å². The van der Waals surface area contributed by atoms with Gasteiger partial charge in [-0.2, -0.15) is 0 Å². The Bertz CT molecular complexity index is 1150. The fraction of sp³-hybridized carbons (Fsp3) is 0.148. The highest BCUT2D eigenvalue weighted by molar-refractivity contribution is 5.83. The first kappa shape index (κ1) is 19.2. The number of allylic oxidation sites excluding steroid dienone is 2. The van der Waals surface area contributed by atoms with E-state index in [2.05, 4.69) is 65.2 Å². The van der Waals surface area contributed by atoms with E-state index in [0.29, 0.717) is 0 Å². The molecule has 0 fully saturated rings. The number of carbonyl (C=O) groups excluding carboxylic acids is 1. The molecule has 31 heavy (non-hydrogen) atoms. The Morgan fingerprint density at radius 1 is 0.839 bits per heavy atom. The molecule has 2 amide bonds. The zero-order chi connectivity index (χ0) is 21.2. The summed E-state index contributed by atoms with van der Waals surface area (Å²) < 4.78 is 5.37. The van der Waals surface area contributed by atoms with Gasteiger partial charge in [0.25, 0.3) is 0 Å². The first-order valence-electron chi connectivity index (χ1n) is 10.5. The van der Waals surface area contributed by atoms with E-state index in [4.69, 9.17) is 4.74 Å². The van der Waals surface area contributed by atoms with Gasteiger partial charge in [0.2, 0.25) is 0 Å². The maximum Gasteiger partial charge on any atom is 0.319 e. The highest BCUT2D eigenvalue weighted by Gasteiger charge is 2.36. The van der Waals surface area contributed by atoms with Crippen LogP contribution < -0.4 is 15.4 Å². The van der Waals surface area contributed by atoms with Gasteiger partial charge in [-0.25, -0.2) is 4.79 Å². The molecule has 2 N–H and O–H groups in total. The van der Waals surface area contributed by atoms with Gasteiger partial charge in [-0.1, -0.05) is 72.8 Å². The average molecular weight is 409 g/mol. The minimum atomic E-state index is -0.175. The first-order chi connectivity index (χ1) is 15.2. The lowest BCUT2D eigenvalue weighted by molar-refractivity contribution is 0.238. The van der Waals surface area contributed by atoms with Crippen molar-refractivity contribution in [3.63, 3.8) is 0 Å². The fourth-order valence-corrected chi connectivity index (χ4v) is 4.56. The molecule has 4 heteroatoms. The standard InChI is InChI=1S/C27H24N2O2/c1-31-22-14-12-19(13-15-22)23-16-21(18-8-4-2-5-9-18)17-24-25(23)26(29-27(30)28-24)20-10-6-3-7-11-20/h2-15,17,23,26H,16H2,1H3,(H2,28,29,30). The van der Waals surface area contributed by atoms with Crippen molar-refractivity contribution in [3.8, 4) is 5.75 Å². The molecule has 0 aromatic heterocycles. The zero-order valence-corrected chi connectivity index (χ0v) is 17.3. The molecule has 0 saturated heterocycles. The summed E-state index contributed by atoms with van der Waals surface area (Å²) in [4.78, 5) is 12.6. The Labute approximate surface area is 182 Å². The molecule has 154 valence electrons. The normalized spacial score (nSPS) is 20.3. The van der Waals surface area contributed by atoms with Crippen molar-refractivity contribution < 1.29 is 9.53 Å². The molecular formula is C27H24N2O2. The molecule has 5 rings (SSSR count). The van der Waals surface area contributed by atoms with Crippen molar-refractivity contribution in [1.29, 1.82) is 0 Å². The number of nitrogens with one attached hydrogen (secondary N) is 2. The van der Waals surface area contributed by atoms with Crippen LogP contribution in [0.2, 0.25) is 0 Å². The van der Waals surface area contributed by atoms with E-state index in [1.54, 1.807) is 7.11 Å². The van der Waals surface area contributed by atoms with Gasteiger partial charge in [-0.05, 0) is 52.5 Å². The number of hydrogen-bond donors (Lipinski definition) is 2. The summed E-state index contributed by atoms with van der Waals surface area (Å²) in [5.41, 5.74) is 6.76. The van der Waals surface area contributed by atoms with Gasteiger partial charge in [0.1, 0.15) is 5.75 Å². The van der Waals surface area contributed by atoms with E-state index in [0.717, 1.165) is 23.4 Å². The van der Waals surface area contributed by atoms with E-state index in [1.807, 2.05) is 36.4 Å². The molecule has 3 aromatic rings. The lowest BCUT2D eigenvalue weighted by Crippen LogP contribution is -2.45. The number of methoxy groups -OCH3 is 1. The van der Waals surface area contributed by atoms with Crippen LogP contribution in [0.5, 0.6) is 5.75 Å². The van der Waals surface area contributed by atoms with Crippen LogP contribution in [0.3, 0.4) is 0 Å². The van der Waals surface area contributed by atoms with Crippen molar-refractivity contribution in [2.75, 3.05) is 7.11 Å². The summed E-state index contributed by atoms with van der Waals surface area (Å²) in [6.07, 6.45) is 3.00. The number of rotatable bonds is 4. The van der Waals surface area contributed by atoms with Crippen LogP contribution in [-0.2, 0) is 0 Å². The van der Waals surface area contributed by atoms with Crippen molar-refractivity contribution in [2.45, 2.75) is 18.4 Å². The number of urea groups is 1. The molecule has 3 aromatic carbocycles. The summed E-state index contributed by atoms with van der Waals surface area (Å²) in [6.45, 7) is 0. The van der Waals surface area contributed by atoms with Crippen molar-refractivity contribution in [2.24, 2.45) is 0 Å². The molecule has 0 radical (unpaired) electrons. The van der Waals surface area contributed by atoms with Gasteiger partial charge < -0.3 is 15.4 Å². The third kappa shape index (κ3) is 3.73. The molecule has 4 nitrogen and oxygen atoms in total. The third-order valence-electron chi connectivity index (χ3n) is 6.06. The molecule has 1 aliphatic heterocycles. The summed E-state index contributed by atoms with van der Waals surface area (Å²) in [5.74, 6) is 0.960. The molecule has 2 atom stereocenters. The molecule has 2 unspecified atom stereocenters. The van der Waals surface area contributed by atoms with Crippen molar-refractivity contribution in [1.82, 2.24) is 10.6 Å². The maximum atomic E-state index is 12.6. The summed E-state index contributed by atoms with van der Waals surface area (Å²) in [7, 11) is 1.68. The molecule has 1 heterocycles. The Morgan fingerprint density at radius 2 is 1.52 bits per heavy atom. The van der Waals surface area contributed by atoms with Crippen LogP contribution >= 0.6 is 0 Å². The number of amides is 2. The largest absolute Gasteiger partial charge is 0.497 e. The number of hydrogen-bond acceptors (Lipinski definition) is 2. The van der Waals surface area contributed by atoms with Gasteiger partial charge >= 0.3 is 6.03 Å². The van der Waals surface area contributed by atoms with Crippen LogP contribution in [-0.4, -0.2) is 13.1 Å². The highest BCUT2D eigenvalue weighted by atomic mass is 16.5. The maximum absolute atomic E-state index is 12.6. The van der Waals surface area contributed by atoms with Crippen LogP contribution in [0.1, 0.15) is 35.1 Å². The first-order valence-corrected chi connectivity index (χ1v) is 10.5. The van der Waals surface area contributed by atoms with Gasteiger partial charge in [0.15, 0.2) is 0 Å². The van der Waals surface area contributed by atoms with Gasteiger partial charge in [0, 0.05) is 11.6 Å². The van der Waals surface area contributed by atoms with Crippen LogP contribution in [0.15, 0.2) is 102 Å². The van der Waals surface area contributed by atoms with Crippen LogP contribution in [0, 0.1) is 0 Å². The molecular weight excluding hydrogens is 384 g/mol. The van der Waals surface area contributed by atoms with Crippen LogP contribution in [0.25, 0.3) is 5.57 Å². The fourth-order valence-electron chi connectivity index (χ4n) is 4.56. The van der Waals surface area contributed by atoms with Gasteiger partial charge in [0.05, 0.1) is 13.2 Å². The summed E-state index contributed by atoms with van der Waals surface area (Å²) in [5, 5.41) is 6.22. The Hall–Kier alpha value is -3.79. The third-order valence-corrected chi connectivity index (χ3v) is 6.06. The summed E-state index contributed by atoms with van der Waals surface area (Å²) >= 11 is 0. The predicted octanol–water partition coefficient (Wildman–Crippen LogP) is 5.57. The Balaban J connectivity index is 1.66. The van der Waals surface area contributed by atoms with E-state index < -0.39 is 0 Å². The lowest BCUT2D eigenvalue weighted by Gasteiger charge is -2.38. The highest BCUT2D eigenvalue weighted by Crippen LogP contribution is 2.46. The molecule has 2 aliphatic rings. The lowest BCUT2D eigenvalue weighted by atomic mass is 9.74. The van der Waals surface area contributed by atoms with E-state index in [9.17, 15) is 4.79 Å². The molecule has 0 spiro atoms. The topological polar surface area (TPSA) is 50.4 Å². The minimum absolute atomic E-state index is 0.124. The van der Waals surface area contributed by atoms with E-state index >= 15 is 0 Å².